The molecule has 0 aromatic heterocycles. The van der Waals surface area contributed by atoms with E-state index in [-0.39, 0.29) is 5.50 Å². The molecule has 0 amide bonds. The molecule has 1 unspecified atom stereocenters. The second-order valence-corrected chi connectivity index (χ2v) is 5.09. The minimum absolute atomic E-state index is 0.308. The fourth-order valence-corrected chi connectivity index (χ4v) is 1.92. The van der Waals surface area contributed by atoms with E-state index in [1.165, 1.54) is 0 Å². The minimum Gasteiger partial charge on any atom is -0.247 e. The molecule has 0 fully saturated rings. The standard InChI is InChI=1S/C17H17ClN2/c1-13(15-9-5-3-6-10-15)19-17(20-14(2)18)16-11-7-4-8-12-16/h3-12,14H,1-2H3. The van der Waals surface area contributed by atoms with E-state index in [2.05, 4.69) is 9.98 Å². The second-order valence-electron chi connectivity index (χ2n) is 4.46. The smallest absolute Gasteiger partial charge is 0.156 e. The van der Waals surface area contributed by atoms with Gasteiger partial charge < -0.3 is 0 Å². The molecule has 1 atom stereocenters. The molecule has 0 bridgehead atoms. The fourth-order valence-electron chi connectivity index (χ4n) is 1.83. The number of rotatable bonds is 3. The first-order valence-electron chi connectivity index (χ1n) is 6.55. The van der Waals surface area contributed by atoms with Crippen LogP contribution in [0.25, 0.3) is 0 Å². The van der Waals surface area contributed by atoms with E-state index < -0.39 is 0 Å². The lowest BCUT2D eigenvalue weighted by atomic mass is 10.1. The summed E-state index contributed by atoms with van der Waals surface area (Å²) in [7, 11) is 0. The van der Waals surface area contributed by atoms with Crippen molar-refractivity contribution in [3.63, 3.8) is 0 Å². The molecule has 0 heterocycles. The molecule has 2 aromatic carbocycles. The Morgan fingerprint density at radius 3 is 1.90 bits per heavy atom. The summed E-state index contributed by atoms with van der Waals surface area (Å²) in [6.07, 6.45) is 0. The zero-order valence-electron chi connectivity index (χ0n) is 11.6. The Labute approximate surface area is 124 Å². The lowest BCUT2D eigenvalue weighted by Gasteiger charge is -2.06. The number of halogens is 1. The average Bonchev–Trinajstić information content (AvgIpc) is 2.48. The van der Waals surface area contributed by atoms with Crippen LogP contribution in [0.3, 0.4) is 0 Å². The monoisotopic (exact) mass is 284 g/mol. The van der Waals surface area contributed by atoms with Gasteiger partial charge >= 0.3 is 0 Å². The first kappa shape index (κ1) is 14.5. The molecule has 0 saturated carbocycles. The number of hydrogen-bond donors (Lipinski definition) is 0. The molecule has 0 saturated heterocycles. The van der Waals surface area contributed by atoms with Gasteiger partial charge in [-0.15, -0.1) is 0 Å². The van der Waals surface area contributed by atoms with Crippen LogP contribution in [0.1, 0.15) is 25.0 Å². The fraction of sp³-hybridized carbons (Fsp3) is 0.176. The molecular formula is C17H17ClN2. The molecule has 0 aliphatic carbocycles. The van der Waals surface area contributed by atoms with Crippen LogP contribution < -0.4 is 0 Å². The number of benzene rings is 2. The quantitative estimate of drug-likeness (QED) is 0.342. The molecule has 0 N–H and O–H groups in total. The summed E-state index contributed by atoms with van der Waals surface area (Å²) in [5.74, 6) is 0.662. The molecule has 0 aliphatic heterocycles. The van der Waals surface area contributed by atoms with E-state index >= 15 is 0 Å². The van der Waals surface area contributed by atoms with Crippen LogP contribution in [0.2, 0.25) is 0 Å². The summed E-state index contributed by atoms with van der Waals surface area (Å²) >= 11 is 6.00. The van der Waals surface area contributed by atoms with Gasteiger partial charge in [0.15, 0.2) is 5.84 Å². The number of alkyl halides is 1. The molecule has 2 nitrogen and oxygen atoms in total. The van der Waals surface area contributed by atoms with E-state index in [0.717, 1.165) is 16.8 Å². The predicted octanol–water partition coefficient (Wildman–Crippen LogP) is 4.53. The summed E-state index contributed by atoms with van der Waals surface area (Å²) in [4.78, 5) is 9.05. The molecule has 0 spiro atoms. The summed E-state index contributed by atoms with van der Waals surface area (Å²) in [6, 6.07) is 19.9. The normalized spacial score (nSPS) is 14.2. The highest BCUT2D eigenvalue weighted by atomic mass is 35.5. The zero-order valence-corrected chi connectivity index (χ0v) is 12.4. The highest BCUT2D eigenvalue weighted by Crippen LogP contribution is 2.09. The van der Waals surface area contributed by atoms with Crippen molar-refractivity contribution in [1.29, 1.82) is 0 Å². The van der Waals surface area contributed by atoms with Crippen LogP contribution >= 0.6 is 11.6 Å². The van der Waals surface area contributed by atoms with Crippen LogP contribution in [0, 0.1) is 0 Å². The maximum Gasteiger partial charge on any atom is 0.156 e. The van der Waals surface area contributed by atoms with Crippen molar-refractivity contribution in [2.24, 2.45) is 9.98 Å². The SMILES string of the molecule is CC(=NC(=NC(C)Cl)c1ccccc1)c1ccccc1. The Balaban J connectivity index is 2.39. The first-order valence-corrected chi connectivity index (χ1v) is 6.98. The van der Waals surface area contributed by atoms with E-state index in [1.807, 2.05) is 74.5 Å². The maximum absolute atomic E-state index is 6.00. The lowest BCUT2D eigenvalue weighted by Crippen LogP contribution is -2.05. The number of hydrogen-bond acceptors (Lipinski definition) is 1. The Morgan fingerprint density at radius 2 is 1.40 bits per heavy atom. The van der Waals surface area contributed by atoms with Crippen molar-refractivity contribution in [3.05, 3.63) is 71.8 Å². The zero-order chi connectivity index (χ0) is 14.4. The molecule has 3 heteroatoms. The van der Waals surface area contributed by atoms with Gasteiger partial charge in [-0.25, -0.2) is 9.98 Å². The molecular weight excluding hydrogens is 268 g/mol. The van der Waals surface area contributed by atoms with Gasteiger partial charge in [-0.2, -0.15) is 0 Å². The number of nitrogens with zero attached hydrogens (tertiary/aromatic N) is 2. The molecule has 0 aliphatic rings. The Bertz CT molecular complexity index is 601. The van der Waals surface area contributed by atoms with Gasteiger partial charge in [0, 0.05) is 11.3 Å². The van der Waals surface area contributed by atoms with Gasteiger partial charge in [-0.05, 0) is 19.4 Å². The summed E-state index contributed by atoms with van der Waals surface area (Å²) in [5.41, 5.74) is 2.66. The summed E-state index contributed by atoms with van der Waals surface area (Å²) in [6.45, 7) is 3.81. The number of amidine groups is 1. The van der Waals surface area contributed by atoms with Gasteiger partial charge in [-0.3, -0.25) is 0 Å². The Morgan fingerprint density at radius 1 is 0.900 bits per heavy atom. The van der Waals surface area contributed by atoms with Crippen molar-refractivity contribution in [1.82, 2.24) is 0 Å². The summed E-state index contributed by atoms with van der Waals surface area (Å²) in [5, 5.41) is 0. The summed E-state index contributed by atoms with van der Waals surface area (Å²) < 4.78 is 0. The van der Waals surface area contributed by atoms with Crippen LogP contribution in [0.4, 0.5) is 0 Å². The van der Waals surface area contributed by atoms with Gasteiger partial charge in [0.05, 0.1) is 0 Å². The molecule has 2 aromatic rings. The second kappa shape index (κ2) is 7.01. The van der Waals surface area contributed by atoms with Crippen LogP contribution in [0.5, 0.6) is 0 Å². The minimum atomic E-state index is -0.308. The van der Waals surface area contributed by atoms with Gasteiger partial charge in [0.2, 0.25) is 0 Å². The van der Waals surface area contributed by atoms with Crippen molar-refractivity contribution in [2.75, 3.05) is 0 Å². The third-order valence-corrected chi connectivity index (χ3v) is 2.89. The Hall–Kier alpha value is -1.93. The van der Waals surface area contributed by atoms with Crippen molar-refractivity contribution in [2.45, 2.75) is 19.3 Å². The molecule has 0 radical (unpaired) electrons. The average molecular weight is 285 g/mol. The van der Waals surface area contributed by atoms with E-state index in [1.54, 1.807) is 0 Å². The number of aliphatic imine (C=N–C) groups is 2. The topological polar surface area (TPSA) is 24.7 Å². The van der Waals surface area contributed by atoms with Crippen LogP contribution in [0.15, 0.2) is 70.6 Å². The molecule has 102 valence electrons. The highest BCUT2D eigenvalue weighted by molar-refractivity contribution is 6.21. The largest absolute Gasteiger partial charge is 0.247 e. The Kier molecular flexibility index (Phi) is 5.08. The van der Waals surface area contributed by atoms with E-state index in [4.69, 9.17) is 11.6 Å². The lowest BCUT2D eigenvalue weighted by molar-refractivity contribution is 1.02. The van der Waals surface area contributed by atoms with E-state index in [0.29, 0.717) is 5.84 Å². The third kappa shape index (κ3) is 4.04. The third-order valence-electron chi connectivity index (χ3n) is 2.80. The molecule has 20 heavy (non-hydrogen) atoms. The van der Waals surface area contributed by atoms with Crippen molar-refractivity contribution in [3.8, 4) is 0 Å². The van der Waals surface area contributed by atoms with Crippen molar-refractivity contribution < 1.29 is 0 Å². The van der Waals surface area contributed by atoms with Gasteiger partial charge in [0.25, 0.3) is 0 Å². The maximum atomic E-state index is 6.00. The van der Waals surface area contributed by atoms with Gasteiger partial charge in [-0.1, -0.05) is 72.3 Å². The highest BCUT2D eigenvalue weighted by Gasteiger charge is 2.05. The predicted molar refractivity (Wildman–Crippen MR) is 86.9 cm³/mol. The van der Waals surface area contributed by atoms with Crippen LogP contribution in [-0.4, -0.2) is 17.0 Å². The van der Waals surface area contributed by atoms with Gasteiger partial charge in [0.1, 0.15) is 5.50 Å². The van der Waals surface area contributed by atoms with Crippen LogP contribution in [-0.2, 0) is 0 Å². The van der Waals surface area contributed by atoms with E-state index in [9.17, 15) is 0 Å². The molecule has 2 rings (SSSR count). The van der Waals surface area contributed by atoms with Crippen molar-refractivity contribution >= 4 is 23.1 Å². The first-order chi connectivity index (χ1) is 9.66.